The zero-order valence-corrected chi connectivity index (χ0v) is 16.7. The number of hydrogen-bond donors (Lipinski definition) is 1. The van der Waals surface area contributed by atoms with E-state index in [-0.39, 0.29) is 30.1 Å². The Balaban J connectivity index is 1.63. The highest BCUT2D eigenvalue weighted by Crippen LogP contribution is 2.47. The van der Waals surface area contributed by atoms with E-state index in [1.165, 1.54) is 5.56 Å². The first-order chi connectivity index (χ1) is 13.6. The number of piperidine rings is 1. The molecule has 0 aliphatic carbocycles. The van der Waals surface area contributed by atoms with Crippen molar-refractivity contribution in [2.75, 3.05) is 7.05 Å². The number of carbonyl (C=O) groups excluding carboxylic acids is 1. The van der Waals surface area contributed by atoms with Crippen LogP contribution >= 0.6 is 11.6 Å². The highest BCUT2D eigenvalue weighted by Gasteiger charge is 2.48. The van der Waals surface area contributed by atoms with Gasteiger partial charge in [0.2, 0.25) is 0 Å². The lowest BCUT2D eigenvalue weighted by atomic mass is 9.73. The fourth-order valence-electron chi connectivity index (χ4n) is 5.07. The van der Waals surface area contributed by atoms with Crippen molar-refractivity contribution in [2.24, 2.45) is 11.1 Å². The predicted molar refractivity (Wildman–Crippen MR) is 111 cm³/mol. The van der Waals surface area contributed by atoms with Crippen molar-refractivity contribution in [2.45, 2.75) is 43.7 Å². The molecule has 2 aliphatic rings. The largest absolute Gasteiger partial charge is 0.411 e. The summed E-state index contributed by atoms with van der Waals surface area (Å²) >= 11 is 6.08. The molecule has 0 aromatic heterocycles. The minimum absolute atomic E-state index is 0.106. The van der Waals surface area contributed by atoms with Crippen molar-refractivity contribution in [1.29, 1.82) is 0 Å². The molecule has 146 valence electrons. The third-order valence-electron chi connectivity index (χ3n) is 6.51. The van der Waals surface area contributed by atoms with Gasteiger partial charge in [-0.3, -0.25) is 9.69 Å². The lowest BCUT2D eigenvalue weighted by Crippen LogP contribution is -2.49. The van der Waals surface area contributed by atoms with Gasteiger partial charge >= 0.3 is 0 Å². The molecule has 4 nitrogen and oxygen atoms in total. The summed E-state index contributed by atoms with van der Waals surface area (Å²) in [7, 11) is 2.14. The van der Waals surface area contributed by atoms with Crippen LogP contribution in [0.5, 0.6) is 0 Å². The Kier molecular flexibility index (Phi) is 5.51. The molecule has 2 bridgehead atoms. The van der Waals surface area contributed by atoms with Gasteiger partial charge < -0.3 is 5.21 Å². The highest BCUT2D eigenvalue weighted by molar-refractivity contribution is 6.30. The van der Waals surface area contributed by atoms with Crippen LogP contribution in [0.1, 0.15) is 42.7 Å². The zero-order chi connectivity index (χ0) is 19.7. The Morgan fingerprint density at radius 3 is 2.54 bits per heavy atom. The van der Waals surface area contributed by atoms with Gasteiger partial charge in [0, 0.05) is 23.0 Å². The fourth-order valence-corrected chi connectivity index (χ4v) is 5.19. The lowest BCUT2D eigenvalue weighted by molar-refractivity contribution is -0.125. The summed E-state index contributed by atoms with van der Waals surface area (Å²) in [4.78, 5) is 15.9. The number of rotatable bonds is 5. The molecule has 0 radical (unpaired) electrons. The maximum Gasteiger partial charge on any atom is 0.144 e. The van der Waals surface area contributed by atoms with E-state index in [1.54, 1.807) is 0 Å². The molecular formula is C23H25ClN2O2. The van der Waals surface area contributed by atoms with Crippen LogP contribution in [0.15, 0.2) is 59.8 Å². The van der Waals surface area contributed by atoms with Gasteiger partial charge in [0.05, 0.1) is 12.1 Å². The van der Waals surface area contributed by atoms with E-state index in [0.717, 1.165) is 24.8 Å². The molecule has 0 spiro atoms. The molecule has 4 atom stereocenters. The van der Waals surface area contributed by atoms with Crippen molar-refractivity contribution in [3.8, 4) is 0 Å². The normalized spacial score (nSPS) is 27.7. The minimum atomic E-state index is -0.106. The van der Waals surface area contributed by atoms with Crippen molar-refractivity contribution >= 4 is 23.1 Å². The van der Waals surface area contributed by atoms with Crippen LogP contribution in [0.2, 0.25) is 5.02 Å². The summed E-state index contributed by atoms with van der Waals surface area (Å²) in [6.45, 7) is 0. The van der Waals surface area contributed by atoms with Crippen LogP contribution < -0.4 is 0 Å². The lowest BCUT2D eigenvalue weighted by Gasteiger charge is -2.42. The van der Waals surface area contributed by atoms with Crippen molar-refractivity contribution in [1.82, 2.24) is 4.90 Å². The number of oxime groups is 1. The number of benzene rings is 2. The van der Waals surface area contributed by atoms with Crippen LogP contribution in [0.25, 0.3) is 0 Å². The second-order valence-electron chi connectivity index (χ2n) is 7.94. The van der Waals surface area contributed by atoms with Gasteiger partial charge in [-0.15, -0.1) is 0 Å². The van der Waals surface area contributed by atoms with Gasteiger partial charge in [0.25, 0.3) is 0 Å². The smallest absolute Gasteiger partial charge is 0.144 e. The molecule has 4 rings (SSSR count). The molecule has 2 fully saturated rings. The van der Waals surface area contributed by atoms with E-state index in [0.29, 0.717) is 16.8 Å². The molecule has 2 aliphatic heterocycles. The third-order valence-corrected chi connectivity index (χ3v) is 6.76. The fraction of sp³-hybridized carbons (Fsp3) is 0.391. The molecule has 0 amide bonds. The summed E-state index contributed by atoms with van der Waals surface area (Å²) in [5.41, 5.74) is 2.40. The number of carbonyl (C=O) groups is 1. The van der Waals surface area contributed by atoms with E-state index >= 15 is 0 Å². The molecule has 2 aromatic rings. The number of halogens is 1. The van der Waals surface area contributed by atoms with Crippen molar-refractivity contribution < 1.29 is 10.0 Å². The quantitative estimate of drug-likeness (QED) is 0.451. The summed E-state index contributed by atoms with van der Waals surface area (Å²) < 4.78 is 0. The molecule has 28 heavy (non-hydrogen) atoms. The highest BCUT2D eigenvalue weighted by atomic mass is 35.5. The first-order valence-electron chi connectivity index (χ1n) is 9.85. The second-order valence-corrected chi connectivity index (χ2v) is 8.38. The summed E-state index contributed by atoms with van der Waals surface area (Å²) in [6, 6.07) is 18.1. The van der Waals surface area contributed by atoms with E-state index < -0.39 is 0 Å². The van der Waals surface area contributed by atoms with Crippen LogP contribution in [-0.2, 0) is 4.79 Å². The van der Waals surface area contributed by atoms with Gasteiger partial charge in [0.15, 0.2) is 0 Å². The van der Waals surface area contributed by atoms with Gasteiger partial charge in [0.1, 0.15) is 5.78 Å². The molecule has 1 N–H and O–H groups in total. The Morgan fingerprint density at radius 2 is 1.86 bits per heavy atom. The average Bonchev–Trinajstić information content (AvgIpc) is 2.95. The topological polar surface area (TPSA) is 52.9 Å². The molecule has 2 saturated heterocycles. The molecular weight excluding hydrogens is 372 g/mol. The zero-order valence-electron chi connectivity index (χ0n) is 16.0. The Morgan fingerprint density at radius 1 is 1.14 bits per heavy atom. The maximum absolute atomic E-state index is 13.5. The number of fused-ring (bicyclic) bond motifs is 2. The maximum atomic E-state index is 13.5. The average molecular weight is 397 g/mol. The first kappa shape index (κ1) is 19.2. The van der Waals surface area contributed by atoms with E-state index in [1.807, 2.05) is 42.5 Å². The molecule has 1 unspecified atom stereocenters. The van der Waals surface area contributed by atoms with Gasteiger partial charge in [-0.1, -0.05) is 59.2 Å². The number of nitrogens with zero attached hydrogens (tertiary/aromatic N) is 2. The first-order valence-corrected chi connectivity index (χ1v) is 10.2. The summed E-state index contributed by atoms with van der Waals surface area (Å²) in [5, 5.41) is 13.7. The van der Waals surface area contributed by atoms with E-state index in [4.69, 9.17) is 11.6 Å². The molecule has 5 heteroatoms. The van der Waals surface area contributed by atoms with Crippen LogP contribution in [0.3, 0.4) is 0 Å². The van der Waals surface area contributed by atoms with Gasteiger partial charge in [-0.05, 0) is 55.5 Å². The standard InChI is InChI=1S/C23H25ClN2O2/c1-26-18-11-12-21(26)23(19(13-18)15-7-9-17(24)10-8-15)22(27)14-20(25-28)16-5-3-2-4-6-16/h2-10,18-19,21,23,28H,11-14H2,1H3/b25-20-/t18-,19-,21?,23+/m1/s1. The predicted octanol–water partition coefficient (Wildman–Crippen LogP) is 4.74. The van der Waals surface area contributed by atoms with Crippen LogP contribution in [0.4, 0.5) is 0 Å². The summed E-state index contributed by atoms with van der Waals surface area (Å²) in [5.74, 6) is 0.216. The number of ketones is 1. The SMILES string of the molecule is CN1C2CC[C@@H]1C[C@H](c1ccc(Cl)cc1)[C@@H]2C(=O)C/C(=N/O)c1ccccc1. The number of hydrogen-bond acceptors (Lipinski definition) is 4. The second kappa shape index (κ2) is 8.06. The van der Waals surface area contributed by atoms with Gasteiger partial charge in [-0.2, -0.15) is 0 Å². The number of Topliss-reactive ketones (excluding diaryl/α,β-unsaturated/α-hetero) is 1. The van der Waals surface area contributed by atoms with Crippen LogP contribution in [0, 0.1) is 5.92 Å². The van der Waals surface area contributed by atoms with Crippen molar-refractivity contribution in [3.63, 3.8) is 0 Å². The monoisotopic (exact) mass is 396 g/mol. The minimum Gasteiger partial charge on any atom is -0.411 e. The Hall–Kier alpha value is -2.17. The van der Waals surface area contributed by atoms with Crippen molar-refractivity contribution in [3.05, 3.63) is 70.7 Å². The van der Waals surface area contributed by atoms with Gasteiger partial charge in [-0.25, -0.2) is 0 Å². The molecule has 0 saturated carbocycles. The molecule has 2 aromatic carbocycles. The Labute approximate surface area is 170 Å². The molecule has 2 heterocycles. The van der Waals surface area contributed by atoms with E-state index in [2.05, 4.69) is 29.2 Å². The van der Waals surface area contributed by atoms with Crippen LogP contribution in [-0.4, -0.2) is 40.7 Å². The van der Waals surface area contributed by atoms with E-state index in [9.17, 15) is 10.0 Å². The summed E-state index contributed by atoms with van der Waals surface area (Å²) in [6.07, 6.45) is 3.29. The third kappa shape index (κ3) is 3.59. The Bertz CT molecular complexity index is 866.